The van der Waals surface area contributed by atoms with E-state index in [1.165, 1.54) is 23.5 Å². The van der Waals surface area contributed by atoms with Crippen molar-refractivity contribution < 1.29 is 26.4 Å². The number of anilines is 1. The third-order valence-electron chi connectivity index (χ3n) is 7.00. The number of carbonyl (C=O) groups excluding carboxylic acids is 1. The van der Waals surface area contributed by atoms with E-state index in [9.17, 15) is 26.4 Å². The van der Waals surface area contributed by atoms with Gasteiger partial charge < -0.3 is 4.90 Å². The molecule has 0 aliphatic carbocycles. The Morgan fingerprint density at radius 2 is 1.79 bits per heavy atom. The summed E-state index contributed by atoms with van der Waals surface area (Å²) in [4.78, 5) is 27.2. The number of nitrogens with zero attached hydrogens (tertiary/aromatic N) is 4. The van der Waals surface area contributed by atoms with Crippen LogP contribution in [0.3, 0.4) is 0 Å². The van der Waals surface area contributed by atoms with Crippen LogP contribution < -0.4 is 4.72 Å². The lowest BCUT2D eigenvalue weighted by molar-refractivity contribution is -0.127. The third kappa shape index (κ3) is 6.88. The number of likely N-dealkylation sites (tertiary alicyclic amines) is 1. The molecule has 1 N–H and O–H groups in total. The fourth-order valence-electron chi connectivity index (χ4n) is 4.81. The van der Waals surface area contributed by atoms with Crippen molar-refractivity contribution in [2.45, 2.75) is 56.8 Å². The number of thiazole rings is 1. The van der Waals surface area contributed by atoms with E-state index in [4.69, 9.17) is 9.97 Å². The number of aryl methyl sites for hydroxylation is 1. The Hall–Kier alpha value is -3.84. The number of halogens is 3. The van der Waals surface area contributed by atoms with Gasteiger partial charge in [-0.1, -0.05) is 19.9 Å². The zero-order valence-corrected chi connectivity index (χ0v) is 25.2. The van der Waals surface area contributed by atoms with Crippen molar-refractivity contribution in [1.29, 1.82) is 0 Å². The third-order valence-corrected chi connectivity index (χ3v) is 9.79. The topological polar surface area (TPSA) is 105 Å². The van der Waals surface area contributed by atoms with Crippen LogP contribution in [0.4, 0.5) is 18.9 Å². The van der Waals surface area contributed by atoms with E-state index in [1.54, 1.807) is 12.3 Å². The van der Waals surface area contributed by atoms with Crippen molar-refractivity contribution in [2.75, 3.05) is 17.8 Å². The van der Waals surface area contributed by atoms with Gasteiger partial charge in [0.2, 0.25) is 5.91 Å². The first kappa shape index (κ1) is 30.6. The van der Waals surface area contributed by atoms with Gasteiger partial charge in [0.1, 0.15) is 23.3 Å². The lowest BCUT2D eigenvalue weighted by Gasteiger charge is -2.14. The average Bonchev–Trinajstić information content (AvgIpc) is 3.59. The molecule has 3 heterocycles. The number of hydrogen-bond donors (Lipinski definition) is 1. The molecule has 0 atom stereocenters. The molecule has 0 unspecified atom stereocenters. The van der Waals surface area contributed by atoms with Crippen molar-refractivity contribution in [3.05, 3.63) is 76.9 Å². The van der Waals surface area contributed by atoms with E-state index < -0.39 is 38.1 Å². The quantitative estimate of drug-likeness (QED) is 0.189. The predicted octanol–water partition coefficient (Wildman–Crippen LogP) is 6.55. The number of aromatic nitrogens is 3. The van der Waals surface area contributed by atoms with Crippen LogP contribution in [0.5, 0.6) is 0 Å². The minimum atomic E-state index is -4.79. The largest absolute Gasteiger partial charge is 0.343 e. The highest BCUT2D eigenvalue weighted by Gasteiger charge is 2.26. The van der Waals surface area contributed by atoms with Crippen molar-refractivity contribution in [1.82, 2.24) is 19.9 Å². The second kappa shape index (κ2) is 12.8. The molecule has 1 aliphatic heterocycles. The van der Waals surface area contributed by atoms with E-state index in [0.29, 0.717) is 40.5 Å². The molecule has 0 radical (unpaired) electrons. The van der Waals surface area contributed by atoms with Gasteiger partial charge in [0.15, 0.2) is 4.90 Å². The molecule has 0 spiro atoms. The van der Waals surface area contributed by atoms with E-state index >= 15 is 0 Å². The molecule has 0 bridgehead atoms. The van der Waals surface area contributed by atoms with Crippen molar-refractivity contribution in [3.8, 4) is 21.8 Å². The number of amides is 1. The van der Waals surface area contributed by atoms with Crippen LogP contribution in [0, 0.1) is 17.5 Å². The molecule has 1 saturated heterocycles. The molecular weight excluding hydrogens is 599 g/mol. The van der Waals surface area contributed by atoms with Gasteiger partial charge in [-0.3, -0.25) is 9.52 Å². The molecule has 226 valence electrons. The second-order valence-electron chi connectivity index (χ2n) is 10.5. The van der Waals surface area contributed by atoms with Gasteiger partial charge in [-0.25, -0.2) is 36.5 Å². The molecule has 13 heteroatoms. The van der Waals surface area contributed by atoms with Gasteiger partial charge in [-0.2, -0.15) is 0 Å². The highest BCUT2D eigenvalue weighted by Crippen LogP contribution is 2.39. The lowest BCUT2D eigenvalue weighted by Crippen LogP contribution is -2.25. The SMILES string of the molecule is CC(C)c1nc(-c2ccc(F)c(NS(=O)(=O)c3c(F)cccc3F)c2)c(-c2ccnc(CCCCN3CCCC3=O)n2)s1. The van der Waals surface area contributed by atoms with Gasteiger partial charge in [0.25, 0.3) is 10.0 Å². The van der Waals surface area contributed by atoms with E-state index in [0.717, 1.165) is 61.6 Å². The molecule has 1 fully saturated rings. The van der Waals surface area contributed by atoms with E-state index in [2.05, 4.69) is 4.98 Å². The van der Waals surface area contributed by atoms with Gasteiger partial charge in [-0.15, -0.1) is 11.3 Å². The number of rotatable bonds is 11. The number of nitrogens with one attached hydrogen (secondary N) is 1. The summed E-state index contributed by atoms with van der Waals surface area (Å²) in [6.45, 7) is 5.49. The number of sulfonamides is 1. The predicted molar refractivity (Wildman–Crippen MR) is 159 cm³/mol. The van der Waals surface area contributed by atoms with E-state index in [1.807, 2.05) is 23.5 Å². The standard InChI is InChI=1S/C30H30F3N5O3S2/c1-18(2)30-36-27(19-11-12-20(31)24(17-19)37-43(40,41)29-21(32)7-5-8-22(29)33)28(42-30)23-13-14-34-25(35-23)9-3-4-15-38-16-6-10-26(38)39/h5,7-8,11-14,17-18,37H,3-4,6,9-10,15-16H2,1-2H3. The van der Waals surface area contributed by atoms with Crippen LogP contribution in [0.1, 0.15) is 56.3 Å². The minimum Gasteiger partial charge on any atom is -0.343 e. The molecule has 0 saturated carbocycles. The highest BCUT2D eigenvalue weighted by atomic mass is 32.2. The van der Waals surface area contributed by atoms with Crippen LogP contribution in [0.2, 0.25) is 0 Å². The Morgan fingerprint density at radius 1 is 1.02 bits per heavy atom. The van der Waals surface area contributed by atoms with E-state index in [-0.39, 0.29) is 11.8 Å². The number of benzene rings is 2. The summed E-state index contributed by atoms with van der Waals surface area (Å²) < 4.78 is 71.0. The van der Waals surface area contributed by atoms with Gasteiger partial charge in [0, 0.05) is 43.6 Å². The van der Waals surface area contributed by atoms with Crippen molar-refractivity contribution in [2.24, 2.45) is 0 Å². The van der Waals surface area contributed by atoms with Crippen LogP contribution in [-0.4, -0.2) is 47.3 Å². The first-order valence-electron chi connectivity index (χ1n) is 13.9. The van der Waals surface area contributed by atoms with Crippen molar-refractivity contribution >= 4 is 33.0 Å². The lowest BCUT2D eigenvalue weighted by atomic mass is 10.1. The second-order valence-corrected chi connectivity index (χ2v) is 13.2. The zero-order valence-electron chi connectivity index (χ0n) is 23.6. The number of carbonyl (C=O) groups is 1. The Morgan fingerprint density at radius 3 is 2.49 bits per heavy atom. The monoisotopic (exact) mass is 629 g/mol. The summed E-state index contributed by atoms with van der Waals surface area (Å²) in [6.07, 6.45) is 5.46. The van der Waals surface area contributed by atoms with Gasteiger partial charge >= 0.3 is 0 Å². The molecule has 5 rings (SSSR count). The number of unbranched alkanes of at least 4 members (excludes halogenated alkanes) is 1. The molecule has 43 heavy (non-hydrogen) atoms. The molecule has 1 aliphatic rings. The molecule has 1 amide bonds. The maximum atomic E-state index is 14.8. The Balaban J connectivity index is 1.42. The first-order chi connectivity index (χ1) is 20.5. The minimum absolute atomic E-state index is 0.0644. The Kier molecular flexibility index (Phi) is 9.11. The first-order valence-corrected chi connectivity index (χ1v) is 16.2. The summed E-state index contributed by atoms with van der Waals surface area (Å²) in [5.74, 6) is -2.62. The summed E-state index contributed by atoms with van der Waals surface area (Å²) in [6, 6.07) is 8.18. The van der Waals surface area contributed by atoms with Crippen molar-refractivity contribution in [3.63, 3.8) is 0 Å². The summed E-state index contributed by atoms with van der Waals surface area (Å²) in [5.41, 5.74) is 0.981. The molecule has 2 aromatic heterocycles. The molecule has 4 aromatic rings. The fraction of sp³-hybridized carbons (Fsp3) is 0.333. The van der Waals surface area contributed by atoms with Gasteiger partial charge in [-0.05, 0) is 55.7 Å². The molecule has 2 aromatic carbocycles. The van der Waals surface area contributed by atoms with Gasteiger partial charge in [0.05, 0.1) is 27.0 Å². The average molecular weight is 630 g/mol. The Bertz CT molecular complexity index is 1740. The van der Waals surface area contributed by atoms with Crippen LogP contribution >= 0.6 is 11.3 Å². The smallest absolute Gasteiger partial charge is 0.267 e. The fourth-order valence-corrected chi connectivity index (χ4v) is 7.07. The summed E-state index contributed by atoms with van der Waals surface area (Å²) in [5, 5.41) is 0.792. The number of hydrogen-bond acceptors (Lipinski definition) is 7. The van der Waals surface area contributed by atoms with Crippen LogP contribution in [0.15, 0.2) is 53.6 Å². The Labute approximate surface area is 252 Å². The zero-order chi connectivity index (χ0) is 30.7. The summed E-state index contributed by atoms with van der Waals surface area (Å²) >= 11 is 1.42. The maximum Gasteiger partial charge on any atom is 0.267 e. The molecule has 8 nitrogen and oxygen atoms in total. The summed E-state index contributed by atoms with van der Waals surface area (Å²) in [7, 11) is -4.79. The van der Waals surface area contributed by atoms with Crippen LogP contribution in [0.25, 0.3) is 21.8 Å². The molecular formula is C30H30F3N5O3S2. The highest BCUT2D eigenvalue weighted by molar-refractivity contribution is 7.92. The van der Waals surface area contributed by atoms with Crippen LogP contribution in [-0.2, 0) is 21.2 Å². The maximum absolute atomic E-state index is 14.8. The normalized spacial score (nSPS) is 13.7.